The molecule has 1 heterocycles. The van der Waals surface area contributed by atoms with Crippen molar-refractivity contribution in [3.63, 3.8) is 0 Å². The van der Waals surface area contributed by atoms with E-state index >= 15 is 0 Å². The van der Waals surface area contributed by atoms with Gasteiger partial charge in [0, 0.05) is 17.8 Å². The van der Waals surface area contributed by atoms with Crippen molar-refractivity contribution in [1.82, 2.24) is 9.97 Å². The van der Waals surface area contributed by atoms with E-state index in [1.54, 1.807) is 0 Å². The maximum absolute atomic E-state index is 6.14. The fourth-order valence-electron chi connectivity index (χ4n) is 2.66. The quantitative estimate of drug-likeness (QED) is 0.846. The number of aromatic nitrogens is 2. The van der Waals surface area contributed by atoms with Crippen molar-refractivity contribution in [2.45, 2.75) is 50.5 Å². The molecule has 0 aliphatic heterocycles. The minimum atomic E-state index is 0.0707. The van der Waals surface area contributed by atoms with E-state index in [-0.39, 0.29) is 6.04 Å². The van der Waals surface area contributed by atoms with Crippen molar-refractivity contribution in [3.05, 3.63) is 23.8 Å². The third-order valence-electron chi connectivity index (χ3n) is 3.90. The van der Waals surface area contributed by atoms with Crippen molar-refractivity contribution in [2.24, 2.45) is 11.7 Å². The smallest absolute Gasteiger partial charge is 0.145 e. The fourth-order valence-corrected chi connectivity index (χ4v) is 2.66. The Morgan fingerprint density at radius 1 is 1.19 bits per heavy atom. The Balaban J connectivity index is 1.80. The van der Waals surface area contributed by atoms with E-state index in [2.05, 4.69) is 16.0 Å². The Labute approximate surface area is 96.5 Å². The molecule has 0 saturated heterocycles. The molecule has 2 fully saturated rings. The lowest BCUT2D eigenvalue weighted by molar-refractivity contribution is 0.579. The van der Waals surface area contributed by atoms with Crippen LogP contribution in [0.4, 0.5) is 0 Å². The summed E-state index contributed by atoms with van der Waals surface area (Å²) in [5.74, 6) is 2.17. The third-order valence-corrected chi connectivity index (χ3v) is 3.90. The van der Waals surface area contributed by atoms with Crippen LogP contribution in [0.15, 0.2) is 12.3 Å². The van der Waals surface area contributed by atoms with Gasteiger partial charge >= 0.3 is 0 Å². The summed E-state index contributed by atoms with van der Waals surface area (Å²) in [6.07, 6.45) is 9.65. The van der Waals surface area contributed by atoms with Crippen molar-refractivity contribution in [2.75, 3.05) is 0 Å². The standard InChI is InChI=1S/C13H19N3/c14-12(10-5-6-10)13-15-8-7-11(16-13)9-3-1-2-4-9/h7-10,12H,1-6,14H2. The van der Waals surface area contributed by atoms with Gasteiger partial charge in [0.25, 0.3) is 0 Å². The summed E-state index contributed by atoms with van der Waals surface area (Å²) in [5, 5.41) is 0. The minimum absolute atomic E-state index is 0.0707. The van der Waals surface area contributed by atoms with Crippen LogP contribution in [0.1, 0.15) is 62.0 Å². The van der Waals surface area contributed by atoms with E-state index in [1.165, 1.54) is 44.2 Å². The summed E-state index contributed by atoms with van der Waals surface area (Å²) in [6, 6.07) is 2.14. The summed E-state index contributed by atoms with van der Waals surface area (Å²) >= 11 is 0. The number of nitrogens with two attached hydrogens (primary N) is 1. The number of hydrogen-bond acceptors (Lipinski definition) is 3. The third kappa shape index (κ3) is 1.96. The highest BCUT2D eigenvalue weighted by Gasteiger charge is 2.31. The van der Waals surface area contributed by atoms with Crippen LogP contribution in [0.25, 0.3) is 0 Å². The zero-order valence-corrected chi connectivity index (χ0v) is 9.60. The van der Waals surface area contributed by atoms with Crippen molar-refractivity contribution in [3.8, 4) is 0 Å². The molecule has 0 bridgehead atoms. The molecule has 1 aromatic rings. The van der Waals surface area contributed by atoms with Gasteiger partial charge in [0.05, 0.1) is 6.04 Å². The highest BCUT2D eigenvalue weighted by atomic mass is 14.9. The number of nitrogens with zero attached hydrogens (tertiary/aromatic N) is 2. The molecule has 1 aromatic heterocycles. The van der Waals surface area contributed by atoms with Gasteiger partial charge in [-0.1, -0.05) is 12.8 Å². The summed E-state index contributed by atoms with van der Waals surface area (Å²) in [4.78, 5) is 9.02. The molecule has 3 heteroatoms. The summed E-state index contributed by atoms with van der Waals surface area (Å²) in [7, 11) is 0. The molecule has 1 atom stereocenters. The molecule has 2 saturated carbocycles. The zero-order chi connectivity index (χ0) is 11.0. The van der Waals surface area contributed by atoms with Gasteiger partial charge in [-0.2, -0.15) is 0 Å². The first-order valence-electron chi connectivity index (χ1n) is 6.43. The second-order valence-electron chi connectivity index (χ2n) is 5.18. The normalized spacial score (nSPS) is 23.6. The van der Waals surface area contributed by atoms with Crippen LogP contribution in [0.5, 0.6) is 0 Å². The van der Waals surface area contributed by atoms with Crippen LogP contribution >= 0.6 is 0 Å². The molecular weight excluding hydrogens is 198 g/mol. The van der Waals surface area contributed by atoms with Crippen molar-refractivity contribution >= 4 is 0 Å². The van der Waals surface area contributed by atoms with Gasteiger partial charge in [-0.25, -0.2) is 9.97 Å². The van der Waals surface area contributed by atoms with E-state index in [9.17, 15) is 0 Å². The lowest BCUT2D eigenvalue weighted by Crippen LogP contribution is -2.17. The highest BCUT2D eigenvalue weighted by Crippen LogP contribution is 2.39. The summed E-state index contributed by atoms with van der Waals surface area (Å²) in [5.41, 5.74) is 7.36. The van der Waals surface area contributed by atoms with Crippen molar-refractivity contribution < 1.29 is 0 Å². The molecule has 2 aliphatic carbocycles. The minimum Gasteiger partial charge on any atom is -0.321 e. The molecule has 16 heavy (non-hydrogen) atoms. The van der Waals surface area contributed by atoms with Crippen LogP contribution in [0.3, 0.4) is 0 Å². The maximum Gasteiger partial charge on any atom is 0.145 e. The fraction of sp³-hybridized carbons (Fsp3) is 0.692. The maximum atomic E-state index is 6.14. The Morgan fingerprint density at radius 3 is 2.62 bits per heavy atom. The Bertz CT molecular complexity index is 350. The summed E-state index contributed by atoms with van der Waals surface area (Å²) in [6.45, 7) is 0. The zero-order valence-electron chi connectivity index (χ0n) is 9.60. The number of hydrogen-bond donors (Lipinski definition) is 1. The molecule has 2 N–H and O–H groups in total. The first kappa shape index (κ1) is 10.2. The lowest BCUT2D eigenvalue weighted by Gasteiger charge is -2.12. The van der Waals surface area contributed by atoms with E-state index in [0.717, 1.165) is 5.82 Å². The van der Waals surface area contributed by atoms with Gasteiger partial charge in [-0.15, -0.1) is 0 Å². The van der Waals surface area contributed by atoms with E-state index < -0.39 is 0 Å². The molecule has 3 nitrogen and oxygen atoms in total. The van der Waals surface area contributed by atoms with E-state index in [4.69, 9.17) is 5.73 Å². The van der Waals surface area contributed by atoms with Gasteiger partial charge in [0.2, 0.25) is 0 Å². The molecule has 0 amide bonds. The van der Waals surface area contributed by atoms with Gasteiger partial charge in [-0.05, 0) is 37.7 Å². The average Bonchev–Trinajstić information content (AvgIpc) is 3.03. The second kappa shape index (κ2) is 4.13. The second-order valence-corrected chi connectivity index (χ2v) is 5.18. The van der Waals surface area contributed by atoms with Crippen LogP contribution in [-0.4, -0.2) is 9.97 Å². The SMILES string of the molecule is NC(c1nccc(C2CCCC2)n1)C1CC1. The average molecular weight is 217 g/mol. The highest BCUT2D eigenvalue weighted by molar-refractivity contribution is 5.12. The van der Waals surface area contributed by atoms with Gasteiger partial charge in [0.1, 0.15) is 5.82 Å². The molecule has 1 unspecified atom stereocenters. The molecule has 0 aromatic carbocycles. The first-order chi connectivity index (χ1) is 7.84. The predicted molar refractivity (Wildman–Crippen MR) is 62.9 cm³/mol. The number of rotatable bonds is 3. The van der Waals surface area contributed by atoms with Crippen LogP contribution in [-0.2, 0) is 0 Å². The van der Waals surface area contributed by atoms with E-state index in [0.29, 0.717) is 11.8 Å². The van der Waals surface area contributed by atoms with Gasteiger partial charge < -0.3 is 5.73 Å². The Morgan fingerprint density at radius 2 is 1.94 bits per heavy atom. The predicted octanol–water partition coefficient (Wildman–Crippen LogP) is 2.54. The Kier molecular flexibility index (Phi) is 2.64. The monoisotopic (exact) mass is 217 g/mol. The van der Waals surface area contributed by atoms with E-state index in [1.807, 2.05) is 6.20 Å². The Hall–Kier alpha value is -0.960. The largest absolute Gasteiger partial charge is 0.321 e. The van der Waals surface area contributed by atoms with Gasteiger partial charge in [-0.3, -0.25) is 0 Å². The molecule has 2 aliphatic rings. The summed E-state index contributed by atoms with van der Waals surface area (Å²) < 4.78 is 0. The molecule has 0 spiro atoms. The first-order valence-corrected chi connectivity index (χ1v) is 6.43. The van der Waals surface area contributed by atoms with Gasteiger partial charge in [0.15, 0.2) is 0 Å². The lowest BCUT2D eigenvalue weighted by atomic mass is 10.0. The van der Waals surface area contributed by atoms with Crippen LogP contribution in [0.2, 0.25) is 0 Å². The van der Waals surface area contributed by atoms with Crippen molar-refractivity contribution in [1.29, 1.82) is 0 Å². The topological polar surface area (TPSA) is 51.8 Å². The molecular formula is C13H19N3. The van der Waals surface area contributed by atoms with Crippen LogP contribution < -0.4 is 5.73 Å². The molecule has 86 valence electrons. The molecule has 0 radical (unpaired) electrons. The molecule has 3 rings (SSSR count). The van der Waals surface area contributed by atoms with Crippen LogP contribution in [0, 0.1) is 5.92 Å².